The fraction of sp³-hybridized carbons (Fsp3) is 0.467. The third kappa shape index (κ3) is 2.52. The molecule has 1 unspecified atom stereocenters. The van der Waals surface area contributed by atoms with Gasteiger partial charge in [-0.1, -0.05) is 20.8 Å². The first-order chi connectivity index (χ1) is 8.29. The van der Waals surface area contributed by atoms with E-state index in [4.69, 9.17) is 4.42 Å². The average Bonchev–Trinajstić information content (AvgIpc) is 2.83. The summed E-state index contributed by atoms with van der Waals surface area (Å²) in [7, 11) is 0. The van der Waals surface area contributed by atoms with Gasteiger partial charge >= 0.3 is 0 Å². The molecule has 0 saturated carbocycles. The second-order valence-electron chi connectivity index (χ2n) is 5.72. The lowest BCUT2D eigenvalue weighted by molar-refractivity contribution is 0.222. The maximum atomic E-state index is 10.4. The maximum absolute atomic E-state index is 10.4. The van der Waals surface area contributed by atoms with Crippen LogP contribution >= 0.6 is 11.3 Å². The van der Waals surface area contributed by atoms with Crippen molar-refractivity contribution in [3.05, 3.63) is 45.0 Å². The van der Waals surface area contributed by atoms with Gasteiger partial charge in [0.15, 0.2) is 0 Å². The Morgan fingerprint density at radius 1 is 1.22 bits per heavy atom. The first kappa shape index (κ1) is 13.4. The van der Waals surface area contributed by atoms with Gasteiger partial charge in [-0.15, -0.1) is 11.3 Å². The van der Waals surface area contributed by atoms with Crippen LogP contribution in [-0.2, 0) is 5.41 Å². The van der Waals surface area contributed by atoms with Gasteiger partial charge in [0.2, 0.25) is 0 Å². The quantitative estimate of drug-likeness (QED) is 0.875. The number of furan rings is 1. The highest BCUT2D eigenvalue weighted by molar-refractivity contribution is 7.12. The van der Waals surface area contributed by atoms with Gasteiger partial charge in [-0.05, 0) is 37.5 Å². The van der Waals surface area contributed by atoms with E-state index in [0.717, 1.165) is 22.0 Å². The standard InChI is InChI=1S/C15H20O2S/c1-9-8-11(10(2)17-9)14(16)12-6-7-13(18-12)15(3,4)5/h6-8,14,16H,1-5H3. The van der Waals surface area contributed by atoms with E-state index < -0.39 is 6.10 Å². The van der Waals surface area contributed by atoms with Crippen molar-refractivity contribution < 1.29 is 9.52 Å². The molecule has 0 fully saturated rings. The number of hydrogen-bond donors (Lipinski definition) is 1. The molecule has 2 heterocycles. The molecule has 0 aromatic carbocycles. The van der Waals surface area contributed by atoms with Crippen LogP contribution in [0.2, 0.25) is 0 Å². The Morgan fingerprint density at radius 3 is 2.33 bits per heavy atom. The van der Waals surface area contributed by atoms with Crippen molar-refractivity contribution in [3.63, 3.8) is 0 Å². The molecular formula is C15H20O2S. The van der Waals surface area contributed by atoms with E-state index in [1.165, 1.54) is 4.88 Å². The van der Waals surface area contributed by atoms with E-state index in [9.17, 15) is 5.11 Å². The normalized spacial score (nSPS) is 13.9. The number of rotatable bonds is 2. The molecule has 1 N–H and O–H groups in total. The highest BCUT2D eigenvalue weighted by Crippen LogP contribution is 2.36. The molecule has 0 spiro atoms. The Hall–Kier alpha value is -1.06. The van der Waals surface area contributed by atoms with Gasteiger partial charge in [-0.3, -0.25) is 0 Å². The van der Waals surface area contributed by atoms with Gasteiger partial charge in [-0.2, -0.15) is 0 Å². The van der Waals surface area contributed by atoms with Crippen molar-refractivity contribution in [2.45, 2.75) is 46.1 Å². The predicted molar refractivity (Wildman–Crippen MR) is 75.3 cm³/mol. The summed E-state index contributed by atoms with van der Waals surface area (Å²) in [5.41, 5.74) is 0.999. The fourth-order valence-corrected chi connectivity index (χ4v) is 3.05. The molecule has 2 nitrogen and oxygen atoms in total. The number of aliphatic hydroxyl groups is 1. The van der Waals surface area contributed by atoms with Crippen LogP contribution < -0.4 is 0 Å². The Balaban J connectivity index is 2.32. The van der Waals surface area contributed by atoms with Gasteiger partial charge in [0.05, 0.1) is 0 Å². The second kappa shape index (κ2) is 4.56. The van der Waals surface area contributed by atoms with E-state index in [1.54, 1.807) is 11.3 Å². The van der Waals surface area contributed by atoms with Gasteiger partial charge < -0.3 is 9.52 Å². The molecule has 18 heavy (non-hydrogen) atoms. The Morgan fingerprint density at radius 2 is 1.89 bits per heavy atom. The minimum atomic E-state index is -0.580. The first-order valence-corrected chi connectivity index (χ1v) is 6.96. The molecule has 2 aromatic rings. The van der Waals surface area contributed by atoms with E-state index in [1.807, 2.05) is 26.0 Å². The zero-order valence-corrected chi connectivity index (χ0v) is 12.4. The van der Waals surface area contributed by atoms with Crippen LogP contribution in [0.15, 0.2) is 22.6 Å². The highest BCUT2D eigenvalue weighted by atomic mass is 32.1. The number of aryl methyl sites for hydroxylation is 2. The summed E-state index contributed by atoms with van der Waals surface area (Å²) in [6.45, 7) is 10.3. The molecule has 1 atom stereocenters. The van der Waals surface area contributed by atoms with Crippen LogP contribution in [0.3, 0.4) is 0 Å². The summed E-state index contributed by atoms with van der Waals surface area (Å²) >= 11 is 1.67. The van der Waals surface area contributed by atoms with Crippen molar-refractivity contribution in [2.75, 3.05) is 0 Å². The number of hydrogen-bond acceptors (Lipinski definition) is 3. The minimum Gasteiger partial charge on any atom is -0.466 e. The third-order valence-corrected chi connectivity index (χ3v) is 4.57. The van der Waals surface area contributed by atoms with Gasteiger partial charge in [0, 0.05) is 15.3 Å². The van der Waals surface area contributed by atoms with Crippen molar-refractivity contribution in [3.8, 4) is 0 Å². The van der Waals surface area contributed by atoms with Crippen molar-refractivity contribution in [1.29, 1.82) is 0 Å². The zero-order valence-electron chi connectivity index (χ0n) is 11.6. The summed E-state index contributed by atoms with van der Waals surface area (Å²) in [6, 6.07) is 6.03. The maximum Gasteiger partial charge on any atom is 0.117 e. The van der Waals surface area contributed by atoms with E-state index in [-0.39, 0.29) is 5.41 Å². The molecule has 98 valence electrons. The summed E-state index contributed by atoms with van der Waals surface area (Å²) in [5.74, 6) is 1.64. The molecule has 3 heteroatoms. The van der Waals surface area contributed by atoms with Crippen molar-refractivity contribution in [1.82, 2.24) is 0 Å². The van der Waals surface area contributed by atoms with Crippen LogP contribution in [0.25, 0.3) is 0 Å². The van der Waals surface area contributed by atoms with Crippen LogP contribution in [0.1, 0.15) is 53.7 Å². The van der Waals surface area contributed by atoms with Gasteiger partial charge in [0.1, 0.15) is 17.6 Å². The molecule has 0 bridgehead atoms. The van der Waals surface area contributed by atoms with E-state index in [0.29, 0.717) is 0 Å². The lowest BCUT2D eigenvalue weighted by atomic mass is 9.95. The van der Waals surface area contributed by atoms with Crippen LogP contribution in [0.5, 0.6) is 0 Å². The van der Waals surface area contributed by atoms with Gasteiger partial charge in [-0.25, -0.2) is 0 Å². The molecule has 2 aromatic heterocycles. The van der Waals surface area contributed by atoms with Crippen LogP contribution in [0.4, 0.5) is 0 Å². The lowest BCUT2D eigenvalue weighted by Crippen LogP contribution is -2.07. The highest BCUT2D eigenvalue weighted by Gasteiger charge is 2.21. The summed E-state index contributed by atoms with van der Waals surface area (Å²) in [6.07, 6.45) is -0.580. The number of aliphatic hydroxyl groups excluding tert-OH is 1. The minimum absolute atomic E-state index is 0.129. The predicted octanol–water partition coefficient (Wildman–Crippen LogP) is 4.34. The number of thiophene rings is 1. The molecule has 0 aliphatic heterocycles. The average molecular weight is 264 g/mol. The molecule has 0 radical (unpaired) electrons. The largest absolute Gasteiger partial charge is 0.466 e. The Kier molecular flexibility index (Phi) is 3.39. The SMILES string of the molecule is Cc1cc(C(O)c2ccc(C(C)(C)C)s2)c(C)o1. The molecular weight excluding hydrogens is 244 g/mol. The Labute approximate surface area is 112 Å². The lowest BCUT2D eigenvalue weighted by Gasteiger charge is -2.15. The zero-order chi connectivity index (χ0) is 13.5. The first-order valence-electron chi connectivity index (χ1n) is 6.14. The second-order valence-corrected chi connectivity index (χ2v) is 6.84. The summed E-state index contributed by atoms with van der Waals surface area (Å²) in [4.78, 5) is 2.26. The molecule has 0 amide bonds. The molecule has 0 aliphatic carbocycles. The summed E-state index contributed by atoms with van der Waals surface area (Å²) in [5, 5.41) is 10.4. The van der Waals surface area contributed by atoms with Crippen LogP contribution in [-0.4, -0.2) is 5.11 Å². The molecule has 2 rings (SSSR count). The smallest absolute Gasteiger partial charge is 0.117 e. The van der Waals surface area contributed by atoms with E-state index >= 15 is 0 Å². The third-order valence-electron chi connectivity index (χ3n) is 3.01. The Bertz CT molecular complexity index is 543. The fourth-order valence-electron chi connectivity index (χ4n) is 1.98. The topological polar surface area (TPSA) is 33.4 Å². The van der Waals surface area contributed by atoms with E-state index in [2.05, 4.69) is 26.8 Å². The van der Waals surface area contributed by atoms with Crippen molar-refractivity contribution >= 4 is 11.3 Å². The summed E-state index contributed by atoms with van der Waals surface area (Å²) < 4.78 is 5.48. The molecule has 0 aliphatic rings. The van der Waals surface area contributed by atoms with Crippen LogP contribution in [0, 0.1) is 13.8 Å². The monoisotopic (exact) mass is 264 g/mol. The molecule has 0 saturated heterocycles. The van der Waals surface area contributed by atoms with Crippen molar-refractivity contribution in [2.24, 2.45) is 0 Å². The van der Waals surface area contributed by atoms with Gasteiger partial charge in [0.25, 0.3) is 0 Å².